The van der Waals surface area contributed by atoms with Crippen LogP contribution in [0.4, 0.5) is 4.79 Å². The van der Waals surface area contributed by atoms with Crippen molar-refractivity contribution in [2.75, 3.05) is 6.54 Å². The molecule has 0 spiro atoms. The number of carbonyl (C=O) groups excluding carboxylic acids is 2. The molecule has 1 aliphatic heterocycles. The van der Waals surface area contributed by atoms with Gasteiger partial charge in [-0.1, -0.05) is 20.8 Å². The number of rotatable bonds is 3. The molecule has 158 valence electrons. The van der Waals surface area contributed by atoms with Crippen molar-refractivity contribution in [2.24, 2.45) is 0 Å². The molecule has 0 radical (unpaired) electrons. The number of amides is 1. The van der Waals surface area contributed by atoms with Crippen LogP contribution in [0.25, 0.3) is 0 Å². The minimum atomic E-state index is -2.02. The van der Waals surface area contributed by atoms with Crippen molar-refractivity contribution in [3.05, 3.63) is 0 Å². The Kier molecular flexibility index (Phi) is 6.87. The van der Waals surface area contributed by atoms with Gasteiger partial charge in [-0.2, -0.15) is 0 Å². The van der Waals surface area contributed by atoms with E-state index in [-0.39, 0.29) is 11.1 Å². The summed E-state index contributed by atoms with van der Waals surface area (Å²) in [5.41, 5.74) is -1.25. The molecule has 0 aromatic carbocycles. The molecule has 1 heterocycles. The SMILES string of the molecule is CC(C)(C)OC(=O)[C@@H]1C[C@H](O[Si](C)(C)C(C)(C)C)CN1C(=O)OC(C)(C)C. The molecule has 2 atom stereocenters. The molecule has 0 aromatic rings. The zero-order chi connectivity index (χ0) is 21.4. The molecule has 1 amide bonds. The van der Waals surface area contributed by atoms with Gasteiger partial charge in [0.25, 0.3) is 0 Å². The first-order valence-corrected chi connectivity index (χ1v) is 12.6. The molecule has 27 heavy (non-hydrogen) atoms. The summed E-state index contributed by atoms with van der Waals surface area (Å²) >= 11 is 0. The minimum Gasteiger partial charge on any atom is -0.458 e. The summed E-state index contributed by atoms with van der Waals surface area (Å²) in [5, 5.41) is 0.0494. The normalized spacial score (nSPS) is 22.0. The van der Waals surface area contributed by atoms with E-state index < -0.39 is 37.6 Å². The van der Waals surface area contributed by atoms with Crippen molar-refractivity contribution in [1.82, 2.24) is 4.90 Å². The Balaban J connectivity index is 3.02. The van der Waals surface area contributed by atoms with Gasteiger partial charge in [-0.15, -0.1) is 0 Å². The van der Waals surface area contributed by atoms with Gasteiger partial charge in [-0.3, -0.25) is 4.90 Å². The molecule has 0 N–H and O–H groups in total. The Morgan fingerprint density at radius 2 is 1.37 bits per heavy atom. The van der Waals surface area contributed by atoms with Crippen molar-refractivity contribution < 1.29 is 23.5 Å². The number of carbonyl (C=O) groups is 2. The van der Waals surface area contributed by atoms with Crippen LogP contribution in [0.3, 0.4) is 0 Å². The van der Waals surface area contributed by atoms with E-state index in [0.717, 1.165) is 0 Å². The van der Waals surface area contributed by atoms with Gasteiger partial charge in [0.05, 0.1) is 6.10 Å². The summed E-state index contributed by atoms with van der Waals surface area (Å²) in [6, 6.07) is -0.686. The minimum absolute atomic E-state index is 0.0494. The van der Waals surface area contributed by atoms with Gasteiger partial charge < -0.3 is 13.9 Å². The maximum atomic E-state index is 12.7. The Labute approximate surface area is 166 Å². The molecule has 0 aliphatic carbocycles. The summed E-state index contributed by atoms with van der Waals surface area (Å²) in [4.78, 5) is 26.9. The fourth-order valence-electron chi connectivity index (χ4n) is 2.59. The van der Waals surface area contributed by atoms with Gasteiger partial charge in [0.1, 0.15) is 17.2 Å². The third kappa shape index (κ3) is 7.10. The van der Waals surface area contributed by atoms with Crippen LogP contribution in [0.5, 0.6) is 0 Å². The lowest BCUT2D eigenvalue weighted by atomic mass is 10.1. The second-order valence-corrected chi connectivity index (χ2v) is 15.7. The van der Waals surface area contributed by atoms with E-state index in [2.05, 4.69) is 33.9 Å². The van der Waals surface area contributed by atoms with Crippen LogP contribution in [0.1, 0.15) is 68.7 Å². The van der Waals surface area contributed by atoms with E-state index in [1.807, 2.05) is 41.5 Å². The van der Waals surface area contributed by atoms with Gasteiger partial charge >= 0.3 is 12.1 Å². The van der Waals surface area contributed by atoms with E-state index >= 15 is 0 Å². The molecule has 7 heteroatoms. The number of esters is 1. The average Bonchev–Trinajstić information content (AvgIpc) is 2.76. The van der Waals surface area contributed by atoms with E-state index in [1.165, 1.54) is 4.90 Å². The third-order valence-electron chi connectivity index (χ3n) is 4.84. The van der Waals surface area contributed by atoms with E-state index in [9.17, 15) is 9.59 Å². The van der Waals surface area contributed by atoms with Crippen LogP contribution in [0.2, 0.25) is 18.1 Å². The number of likely N-dealkylation sites (tertiary alicyclic amines) is 1. The molecule has 0 bridgehead atoms. The highest BCUT2D eigenvalue weighted by atomic mass is 28.4. The largest absolute Gasteiger partial charge is 0.458 e. The standard InChI is InChI=1S/C20H39NO5Si/c1-18(2,3)24-16(22)15-12-14(26-27(10,11)20(7,8)9)13-21(15)17(23)25-19(4,5)6/h14-15H,12-13H2,1-11H3/t14-,15-/m0/s1. The lowest BCUT2D eigenvalue weighted by Gasteiger charge is -2.38. The maximum Gasteiger partial charge on any atom is 0.411 e. The van der Waals surface area contributed by atoms with Crippen LogP contribution in [0, 0.1) is 0 Å². The lowest BCUT2D eigenvalue weighted by Crippen LogP contribution is -2.46. The predicted molar refractivity (Wildman–Crippen MR) is 109 cm³/mol. The van der Waals surface area contributed by atoms with Crippen LogP contribution < -0.4 is 0 Å². The summed E-state index contributed by atoms with van der Waals surface area (Å²) in [6.45, 7) is 22.1. The van der Waals surface area contributed by atoms with Crippen LogP contribution in [-0.2, 0) is 18.7 Å². The summed E-state index contributed by atoms with van der Waals surface area (Å²) in [6.07, 6.45) is -0.267. The summed E-state index contributed by atoms with van der Waals surface area (Å²) < 4.78 is 17.5. The lowest BCUT2D eigenvalue weighted by molar-refractivity contribution is -0.160. The first kappa shape index (κ1) is 24.0. The molecular formula is C20H39NO5Si. The van der Waals surface area contributed by atoms with Gasteiger partial charge in [0.15, 0.2) is 8.32 Å². The van der Waals surface area contributed by atoms with Gasteiger partial charge in [0.2, 0.25) is 0 Å². The van der Waals surface area contributed by atoms with Crippen LogP contribution in [-0.4, -0.2) is 55.2 Å². The Morgan fingerprint density at radius 3 is 1.78 bits per heavy atom. The first-order chi connectivity index (χ1) is 11.8. The zero-order valence-electron chi connectivity index (χ0n) is 19.1. The Bertz CT molecular complexity index is 518. The van der Waals surface area contributed by atoms with Crippen molar-refractivity contribution in [3.8, 4) is 0 Å². The number of hydrogen-bond acceptors (Lipinski definition) is 5. The third-order valence-corrected chi connectivity index (χ3v) is 9.37. The molecule has 1 fully saturated rings. The second-order valence-electron chi connectivity index (χ2n) is 10.9. The highest BCUT2D eigenvalue weighted by Gasteiger charge is 2.47. The quantitative estimate of drug-likeness (QED) is 0.505. The highest BCUT2D eigenvalue weighted by Crippen LogP contribution is 2.39. The number of hydrogen-bond donors (Lipinski definition) is 0. The fourth-order valence-corrected chi connectivity index (χ4v) is 3.95. The highest BCUT2D eigenvalue weighted by molar-refractivity contribution is 6.74. The molecular weight excluding hydrogens is 362 g/mol. The summed E-state index contributed by atoms with van der Waals surface area (Å²) in [7, 11) is -2.02. The van der Waals surface area contributed by atoms with E-state index in [0.29, 0.717) is 13.0 Å². The van der Waals surface area contributed by atoms with Crippen LogP contribution in [0.15, 0.2) is 0 Å². The molecule has 0 aromatic heterocycles. The average molecular weight is 402 g/mol. The molecule has 0 saturated carbocycles. The van der Waals surface area contributed by atoms with Gasteiger partial charge in [0, 0.05) is 13.0 Å². The number of ether oxygens (including phenoxy) is 2. The van der Waals surface area contributed by atoms with Crippen molar-refractivity contribution in [3.63, 3.8) is 0 Å². The second kappa shape index (κ2) is 7.74. The summed E-state index contributed by atoms with van der Waals surface area (Å²) in [5.74, 6) is -0.408. The van der Waals surface area contributed by atoms with Gasteiger partial charge in [-0.25, -0.2) is 9.59 Å². The van der Waals surface area contributed by atoms with Crippen molar-refractivity contribution >= 4 is 20.4 Å². The Morgan fingerprint density at radius 1 is 0.889 bits per heavy atom. The molecule has 1 rings (SSSR count). The monoisotopic (exact) mass is 401 g/mol. The smallest absolute Gasteiger partial charge is 0.411 e. The first-order valence-electron chi connectivity index (χ1n) is 9.73. The topological polar surface area (TPSA) is 65.1 Å². The Hall–Kier alpha value is -1.08. The zero-order valence-corrected chi connectivity index (χ0v) is 20.1. The number of nitrogens with zero attached hydrogens (tertiary/aromatic N) is 1. The fraction of sp³-hybridized carbons (Fsp3) is 0.900. The van der Waals surface area contributed by atoms with E-state index in [1.54, 1.807) is 0 Å². The van der Waals surface area contributed by atoms with Crippen molar-refractivity contribution in [2.45, 2.75) is 110 Å². The molecule has 0 unspecified atom stereocenters. The van der Waals surface area contributed by atoms with Crippen molar-refractivity contribution in [1.29, 1.82) is 0 Å². The maximum absolute atomic E-state index is 12.7. The predicted octanol–water partition coefficient (Wildman–Crippen LogP) is 4.73. The molecule has 1 aliphatic rings. The molecule has 1 saturated heterocycles. The van der Waals surface area contributed by atoms with E-state index in [4.69, 9.17) is 13.9 Å². The van der Waals surface area contributed by atoms with Crippen LogP contribution >= 0.6 is 0 Å². The van der Waals surface area contributed by atoms with Gasteiger partial charge in [-0.05, 0) is 59.7 Å². The molecule has 6 nitrogen and oxygen atoms in total.